The van der Waals surface area contributed by atoms with Gasteiger partial charge in [-0.05, 0) is 59.2 Å². The fourth-order valence-electron chi connectivity index (χ4n) is 4.31. The van der Waals surface area contributed by atoms with Crippen LogP contribution in [-0.2, 0) is 22.2 Å². The number of anilines is 2. The first-order valence-corrected chi connectivity index (χ1v) is 13.1. The first-order chi connectivity index (χ1) is 20.1. The van der Waals surface area contributed by atoms with Gasteiger partial charge in [0.25, 0.3) is 5.91 Å². The molecule has 0 bridgehead atoms. The molecule has 4 aromatic rings. The molecule has 0 fully saturated rings. The van der Waals surface area contributed by atoms with Crippen LogP contribution in [0.25, 0.3) is 11.1 Å². The predicted octanol–water partition coefficient (Wildman–Crippen LogP) is 6.24. The van der Waals surface area contributed by atoms with Crippen LogP contribution < -0.4 is 16.0 Å². The Balaban J connectivity index is 1.48. The largest absolute Gasteiger partial charge is 0.481 e. The number of carbonyl (C=O) groups excluding carboxylic acids is 2. The van der Waals surface area contributed by atoms with E-state index in [1.807, 2.05) is 30.3 Å². The van der Waals surface area contributed by atoms with Crippen molar-refractivity contribution < 1.29 is 32.7 Å². The third-order valence-electron chi connectivity index (χ3n) is 6.41. The van der Waals surface area contributed by atoms with Crippen molar-refractivity contribution in [3.05, 3.63) is 120 Å². The summed E-state index contributed by atoms with van der Waals surface area (Å²) in [6.07, 6.45) is -4.35. The zero-order valence-electron chi connectivity index (χ0n) is 22.3. The van der Waals surface area contributed by atoms with E-state index in [0.29, 0.717) is 28.9 Å². The number of amides is 2. The summed E-state index contributed by atoms with van der Waals surface area (Å²) in [5, 5.41) is 17.3. The molecule has 1 atom stereocenters. The maximum absolute atomic E-state index is 13.5. The topological polar surface area (TPSA) is 108 Å². The van der Waals surface area contributed by atoms with Crippen molar-refractivity contribution in [3.63, 3.8) is 0 Å². The first-order valence-electron chi connectivity index (χ1n) is 13.1. The molecule has 0 aliphatic heterocycles. The summed E-state index contributed by atoms with van der Waals surface area (Å²) in [7, 11) is 0. The zero-order valence-corrected chi connectivity index (χ0v) is 22.3. The molecule has 0 saturated carbocycles. The maximum atomic E-state index is 13.5. The number of hydrogen-bond donors (Lipinski definition) is 4. The summed E-state index contributed by atoms with van der Waals surface area (Å²) in [5.74, 6) is -1.79. The second kappa shape index (κ2) is 13.5. The molecule has 0 spiro atoms. The summed E-state index contributed by atoms with van der Waals surface area (Å²) in [6, 6.07) is 26.5. The van der Waals surface area contributed by atoms with Crippen molar-refractivity contribution in [1.82, 2.24) is 5.32 Å². The third kappa shape index (κ3) is 8.20. The van der Waals surface area contributed by atoms with E-state index in [1.165, 1.54) is 24.3 Å². The van der Waals surface area contributed by atoms with Gasteiger partial charge in [0.15, 0.2) is 0 Å². The average molecular weight is 576 g/mol. The highest BCUT2D eigenvalue weighted by atomic mass is 19.4. The zero-order chi connectivity index (χ0) is 30.1. The highest BCUT2D eigenvalue weighted by Gasteiger charge is 2.33. The Morgan fingerprint density at radius 2 is 1.38 bits per heavy atom. The SMILES string of the molecule is O=C(O)CCNC(=O)c1ccc(N[C@@H](Cc2ccccc2)C(=O)Nc2ccc(-c3ccccc3C(F)(F)F)cc2)cc1. The number of aliphatic carboxylic acids is 1. The number of carboxylic acids is 1. The van der Waals surface area contributed by atoms with Crippen LogP contribution in [-0.4, -0.2) is 35.5 Å². The van der Waals surface area contributed by atoms with Gasteiger partial charge in [0, 0.05) is 29.9 Å². The van der Waals surface area contributed by atoms with Gasteiger partial charge in [-0.1, -0.05) is 60.7 Å². The number of rotatable bonds is 11. The molecule has 0 saturated heterocycles. The second-order valence-electron chi connectivity index (χ2n) is 9.47. The minimum absolute atomic E-state index is 0.00328. The minimum Gasteiger partial charge on any atom is -0.481 e. The van der Waals surface area contributed by atoms with Crippen LogP contribution in [0.3, 0.4) is 0 Å². The number of nitrogens with one attached hydrogen (secondary N) is 3. The maximum Gasteiger partial charge on any atom is 0.417 e. The molecule has 216 valence electrons. The summed E-state index contributed by atoms with van der Waals surface area (Å²) in [6.45, 7) is 0.00328. The van der Waals surface area contributed by atoms with Gasteiger partial charge >= 0.3 is 12.1 Å². The minimum atomic E-state index is -4.50. The third-order valence-corrected chi connectivity index (χ3v) is 6.41. The summed E-state index contributed by atoms with van der Waals surface area (Å²) in [4.78, 5) is 36.3. The lowest BCUT2D eigenvalue weighted by molar-refractivity contribution is -0.137. The van der Waals surface area contributed by atoms with Crippen molar-refractivity contribution >= 4 is 29.2 Å². The lowest BCUT2D eigenvalue weighted by Crippen LogP contribution is -2.36. The Kier molecular flexibility index (Phi) is 9.59. The van der Waals surface area contributed by atoms with E-state index in [-0.39, 0.29) is 24.4 Å². The van der Waals surface area contributed by atoms with Crippen molar-refractivity contribution in [2.24, 2.45) is 0 Å². The van der Waals surface area contributed by atoms with Crippen molar-refractivity contribution in [3.8, 4) is 11.1 Å². The number of alkyl halides is 3. The lowest BCUT2D eigenvalue weighted by Gasteiger charge is -2.20. The molecule has 2 amide bonds. The van der Waals surface area contributed by atoms with E-state index in [2.05, 4.69) is 16.0 Å². The monoisotopic (exact) mass is 575 g/mol. The van der Waals surface area contributed by atoms with Gasteiger partial charge in [-0.25, -0.2) is 0 Å². The van der Waals surface area contributed by atoms with E-state index in [0.717, 1.165) is 11.6 Å². The van der Waals surface area contributed by atoms with Crippen molar-refractivity contribution in [2.45, 2.75) is 25.1 Å². The van der Waals surface area contributed by atoms with Gasteiger partial charge in [0.1, 0.15) is 6.04 Å². The summed E-state index contributed by atoms with van der Waals surface area (Å²) in [5.41, 5.74) is 1.91. The summed E-state index contributed by atoms with van der Waals surface area (Å²) < 4.78 is 40.4. The molecule has 7 nitrogen and oxygen atoms in total. The molecule has 0 aliphatic carbocycles. The van der Waals surface area contributed by atoms with Crippen LogP contribution in [0.4, 0.5) is 24.5 Å². The highest BCUT2D eigenvalue weighted by molar-refractivity contribution is 5.97. The van der Waals surface area contributed by atoms with Crippen LogP contribution in [0.2, 0.25) is 0 Å². The van der Waals surface area contributed by atoms with Gasteiger partial charge in [-0.3, -0.25) is 14.4 Å². The van der Waals surface area contributed by atoms with Crippen LogP contribution in [0.1, 0.15) is 27.9 Å². The lowest BCUT2D eigenvalue weighted by atomic mass is 9.99. The molecule has 0 heterocycles. The van der Waals surface area contributed by atoms with Gasteiger partial charge in [0.2, 0.25) is 5.91 Å². The highest BCUT2D eigenvalue weighted by Crippen LogP contribution is 2.37. The molecular formula is C32H28F3N3O4. The fraction of sp³-hybridized carbons (Fsp3) is 0.156. The van der Waals surface area contributed by atoms with Gasteiger partial charge in [-0.2, -0.15) is 13.2 Å². The Bertz CT molecular complexity index is 1520. The molecule has 42 heavy (non-hydrogen) atoms. The number of hydrogen-bond acceptors (Lipinski definition) is 4. The van der Waals surface area contributed by atoms with E-state index < -0.39 is 29.7 Å². The smallest absolute Gasteiger partial charge is 0.417 e. The van der Waals surface area contributed by atoms with Crippen molar-refractivity contribution in [2.75, 3.05) is 17.2 Å². The number of benzene rings is 4. The van der Waals surface area contributed by atoms with Crippen LogP contribution in [0.15, 0.2) is 103 Å². The van der Waals surface area contributed by atoms with Gasteiger partial charge in [0.05, 0.1) is 12.0 Å². The molecule has 4 rings (SSSR count). The molecule has 0 radical (unpaired) electrons. The quantitative estimate of drug-likeness (QED) is 0.169. The number of halogens is 3. The Labute approximate surface area is 240 Å². The van der Waals surface area contributed by atoms with Crippen LogP contribution in [0.5, 0.6) is 0 Å². The van der Waals surface area contributed by atoms with Crippen molar-refractivity contribution in [1.29, 1.82) is 0 Å². The van der Waals surface area contributed by atoms with Crippen LogP contribution >= 0.6 is 0 Å². The predicted molar refractivity (Wildman–Crippen MR) is 154 cm³/mol. The Hall–Kier alpha value is -5.12. The molecule has 0 unspecified atom stereocenters. The van der Waals surface area contributed by atoms with E-state index in [9.17, 15) is 27.6 Å². The standard InChI is InChI=1S/C32H28F3N3O4/c33-32(34,35)27-9-5-4-8-26(27)22-10-14-25(15-11-22)38-31(42)28(20-21-6-2-1-3-7-21)37-24-16-12-23(13-17-24)30(41)36-19-18-29(39)40/h1-17,28,37H,18-20H2,(H,36,41)(H,38,42)(H,39,40)/t28-/m0/s1. The molecule has 0 aromatic heterocycles. The Morgan fingerprint density at radius 1 is 0.762 bits per heavy atom. The average Bonchev–Trinajstić information content (AvgIpc) is 2.97. The van der Waals surface area contributed by atoms with E-state index >= 15 is 0 Å². The normalized spacial score (nSPS) is 11.8. The first kappa shape index (κ1) is 29.9. The van der Waals surface area contributed by atoms with Gasteiger partial charge < -0.3 is 21.1 Å². The molecular weight excluding hydrogens is 547 g/mol. The van der Waals surface area contributed by atoms with E-state index in [1.54, 1.807) is 42.5 Å². The summed E-state index contributed by atoms with van der Waals surface area (Å²) >= 11 is 0. The number of carbonyl (C=O) groups is 3. The van der Waals surface area contributed by atoms with Crippen LogP contribution in [0, 0.1) is 0 Å². The molecule has 10 heteroatoms. The molecule has 4 aromatic carbocycles. The van der Waals surface area contributed by atoms with E-state index in [4.69, 9.17) is 5.11 Å². The second-order valence-corrected chi connectivity index (χ2v) is 9.47. The van der Waals surface area contributed by atoms with Gasteiger partial charge in [-0.15, -0.1) is 0 Å². The molecule has 4 N–H and O–H groups in total. The number of carboxylic acid groups (broad SMARTS) is 1. The fourth-order valence-corrected chi connectivity index (χ4v) is 4.31. The Morgan fingerprint density at radius 3 is 2.02 bits per heavy atom. The molecule has 0 aliphatic rings.